The number of hydrogen-bond donors (Lipinski definition) is 1. The lowest BCUT2D eigenvalue weighted by molar-refractivity contribution is -0.124. The van der Waals surface area contributed by atoms with Crippen molar-refractivity contribution in [2.24, 2.45) is 10.9 Å². The summed E-state index contributed by atoms with van der Waals surface area (Å²) in [6.45, 7) is 4.94. The standard InChI is InChI=1S/C29H35N5O2/c1-21-7-5-10-22(11-6-8-21)29(36)33-18-24-9-3-4-12-26(24)34(27(35)20-33)19-25-14-13-23(17-31-25)28-30-15-16-32(28)2/h3-5,8-10,12-14,17,22,29,36H,6-7,11,15-16,18-20H2,1-2H3/b10-5-,21-8-. The van der Waals surface area contributed by atoms with Crippen molar-refractivity contribution in [3.05, 3.63) is 83.2 Å². The molecule has 7 heteroatoms. The van der Waals surface area contributed by atoms with E-state index in [-0.39, 0.29) is 18.4 Å². The quantitative estimate of drug-likeness (QED) is 0.654. The summed E-state index contributed by atoms with van der Waals surface area (Å²) in [6, 6.07) is 12.0. The summed E-state index contributed by atoms with van der Waals surface area (Å²) in [5.41, 5.74) is 5.09. The number of hydrogen-bond acceptors (Lipinski definition) is 6. The number of amides is 1. The highest BCUT2D eigenvalue weighted by molar-refractivity contribution is 5.99. The van der Waals surface area contributed by atoms with Gasteiger partial charge in [-0.25, -0.2) is 0 Å². The van der Waals surface area contributed by atoms with Gasteiger partial charge in [-0.1, -0.05) is 42.0 Å². The van der Waals surface area contributed by atoms with Crippen LogP contribution in [-0.4, -0.2) is 64.5 Å². The van der Waals surface area contributed by atoms with E-state index in [0.29, 0.717) is 13.1 Å². The zero-order chi connectivity index (χ0) is 25.1. The summed E-state index contributed by atoms with van der Waals surface area (Å²) >= 11 is 0. The van der Waals surface area contributed by atoms with E-state index >= 15 is 0 Å². The molecule has 1 amide bonds. The van der Waals surface area contributed by atoms with Gasteiger partial charge in [-0.3, -0.25) is 19.7 Å². The van der Waals surface area contributed by atoms with E-state index in [9.17, 15) is 9.90 Å². The predicted molar refractivity (Wildman–Crippen MR) is 143 cm³/mol. The number of aromatic nitrogens is 1. The zero-order valence-corrected chi connectivity index (χ0v) is 21.2. The lowest BCUT2D eigenvalue weighted by Crippen LogP contribution is -2.44. The summed E-state index contributed by atoms with van der Waals surface area (Å²) in [5, 5.41) is 11.3. The Balaban J connectivity index is 1.35. The Kier molecular flexibility index (Phi) is 7.30. The normalized spacial score (nSPS) is 24.2. The molecule has 0 saturated carbocycles. The van der Waals surface area contributed by atoms with Gasteiger partial charge in [0.05, 0.1) is 25.3 Å². The second kappa shape index (κ2) is 10.8. The van der Waals surface area contributed by atoms with Crippen LogP contribution in [0.25, 0.3) is 0 Å². The van der Waals surface area contributed by atoms with Crippen molar-refractivity contribution in [1.29, 1.82) is 0 Å². The Hall–Kier alpha value is -3.29. The third-order valence-electron chi connectivity index (χ3n) is 7.33. The first-order chi connectivity index (χ1) is 17.5. The number of nitrogens with zero attached hydrogens (tertiary/aromatic N) is 5. The minimum Gasteiger partial charge on any atom is -0.378 e. The van der Waals surface area contributed by atoms with E-state index in [1.165, 1.54) is 5.57 Å². The van der Waals surface area contributed by atoms with Gasteiger partial charge in [0, 0.05) is 43.5 Å². The number of rotatable bonds is 5. The number of aliphatic hydroxyl groups excluding tert-OH is 1. The molecule has 1 aliphatic carbocycles. The van der Waals surface area contributed by atoms with Crippen LogP contribution in [0.2, 0.25) is 0 Å². The van der Waals surface area contributed by atoms with Gasteiger partial charge in [-0.15, -0.1) is 0 Å². The van der Waals surface area contributed by atoms with E-state index in [1.807, 2.05) is 59.4 Å². The summed E-state index contributed by atoms with van der Waals surface area (Å²) < 4.78 is 0. The molecular formula is C29H35N5O2. The molecule has 0 spiro atoms. The molecule has 0 fully saturated rings. The number of allylic oxidation sites excluding steroid dienone is 3. The van der Waals surface area contributed by atoms with E-state index in [1.54, 1.807) is 0 Å². The maximum atomic E-state index is 13.6. The minimum absolute atomic E-state index is 0.00768. The van der Waals surface area contributed by atoms with Crippen LogP contribution >= 0.6 is 0 Å². The maximum Gasteiger partial charge on any atom is 0.241 e. The van der Waals surface area contributed by atoms with Crippen LogP contribution in [0, 0.1) is 5.92 Å². The molecule has 3 heterocycles. The summed E-state index contributed by atoms with van der Waals surface area (Å²) in [4.78, 5) is 28.6. The fourth-order valence-electron chi connectivity index (χ4n) is 5.24. The maximum absolute atomic E-state index is 13.6. The lowest BCUT2D eigenvalue weighted by atomic mass is 9.95. The number of likely N-dealkylation sites (N-methyl/N-ethyl adjacent to an activating group) is 1. The third kappa shape index (κ3) is 5.27. The Morgan fingerprint density at radius 2 is 2.03 bits per heavy atom. The molecule has 1 aromatic heterocycles. The topological polar surface area (TPSA) is 72.3 Å². The molecule has 5 rings (SSSR count). The van der Waals surface area contributed by atoms with Crippen LogP contribution in [0.3, 0.4) is 0 Å². The first kappa shape index (κ1) is 24.4. The molecule has 0 saturated heterocycles. The fourth-order valence-corrected chi connectivity index (χ4v) is 5.24. The van der Waals surface area contributed by atoms with Gasteiger partial charge in [0.25, 0.3) is 0 Å². The van der Waals surface area contributed by atoms with E-state index in [2.05, 4.69) is 40.0 Å². The van der Waals surface area contributed by atoms with Gasteiger partial charge in [-0.05, 0) is 49.9 Å². The molecule has 2 unspecified atom stereocenters. The third-order valence-corrected chi connectivity index (χ3v) is 7.33. The van der Waals surface area contributed by atoms with Crippen molar-refractivity contribution >= 4 is 17.4 Å². The van der Waals surface area contributed by atoms with Gasteiger partial charge in [0.2, 0.25) is 5.91 Å². The Morgan fingerprint density at radius 1 is 1.17 bits per heavy atom. The van der Waals surface area contributed by atoms with Crippen molar-refractivity contribution in [3.8, 4) is 0 Å². The molecule has 2 atom stereocenters. The number of benzene rings is 1. The highest BCUT2D eigenvalue weighted by Crippen LogP contribution is 2.30. The molecule has 3 aliphatic rings. The number of aliphatic hydroxyl groups is 1. The number of pyridine rings is 1. The number of carbonyl (C=O) groups excluding carboxylic acids is 1. The van der Waals surface area contributed by atoms with Crippen molar-refractivity contribution in [1.82, 2.24) is 14.8 Å². The van der Waals surface area contributed by atoms with Gasteiger partial charge < -0.3 is 14.9 Å². The first-order valence-corrected chi connectivity index (χ1v) is 12.8. The minimum atomic E-state index is -0.716. The highest BCUT2D eigenvalue weighted by Gasteiger charge is 2.32. The highest BCUT2D eigenvalue weighted by atomic mass is 16.3. The molecule has 2 aromatic rings. The van der Waals surface area contributed by atoms with Crippen LogP contribution in [0.1, 0.15) is 43.0 Å². The Labute approximate surface area is 213 Å². The number of anilines is 1. The largest absolute Gasteiger partial charge is 0.378 e. The number of fused-ring (bicyclic) bond motifs is 1. The summed E-state index contributed by atoms with van der Waals surface area (Å²) in [7, 11) is 2.04. The van der Waals surface area contributed by atoms with Crippen LogP contribution < -0.4 is 4.90 Å². The van der Waals surface area contributed by atoms with Gasteiger partial charge in [0.1, 0.15) is 12.1 Å². The number of amidine groups is 1. The van der Waals surface area contributed by atoms with Crippen LogP contribution in [0.4, 0.5) is 5.69 Å². The average molecular weight is 486 g/mol. The van der Waals surface area contributed by atoms with E-state index < -0.39 is 6.23 Å². The molecule has 1 N–H and O–H groups in total. The molecular weight excluding hydrogens is 450 g/mol. The van der Waals surface area contributed by atoms with Crippen molar-refractivity contribution in [2.45, 2.75) is 45.5 Å². The number of aliphatic imine (C=N–C) groups is 1. The van der Waals surface area contributed by atoms with Gasteiger partial charge >= 0.3 is 0 Å². The van der Waals surface area contributed by atoms with E-state index in [0.717, 1.165) is 60.7 Å². The van der Waals surface area contributed by atoms with Crippen molar-refractivity contribution < 1.29 is 9.90 Å². The zero-order valence-electron chi connectivity index (χ0n) is 21.2. The van der Waals surface area contributed by atoms with Crippen molar-refractivity contribution in [2.75, 3.05) is 31.6 Å². The van der Waals surface area contributed by atoms with Crippen LogP contribution in [0.5, 0.6) is 0 Å². The second-order valence-corrected chi connectivity index (χ2v) is 10.0. The number of carbonyl (C=O) groups is 1. The number of para-hydroxylation sites is 1. The second-order valence-electron chi connectivity index (χ2n) is 10.0. The monoisotopic (exact) mass is 485 g/mol. The van der Waals surface area contributed by atoms with Gasteiger partial charge in [0.15, 0.2) is 0 Å². The van der Waals surface area contributed by atoms with Gasteiger partial charge in [-0.2, -0.15) is 0 Å². The molecule has 0 bridgehead atoms. The van der Waals surface area contributed by atoms with E-state index in [4.69, 9.17) is 0 Å². The van der Waals surface area contributed by atoms with Crippen LogP contribution in [0.15, 0.2) is 71.4 Å². The Bertz CT molecular complexity index is 1190. The summed E-state index contributed by atoms with van der Waals surface area (Å²) in [5.74, 6) is 0.922. The van der Waals surface area contributed by atoms with Crippen LogP contribution in [-0.2, 0) is 17.9 Å². The molecule has 2 aliphatic heterocycles. The molecule has 188 valence electrons. The van der Waals surface area contributed by atoms with Crippen molar-refractivity contribution in [3.63, 3.8) is 0 Å². The molecule has 1 aromatic carbocycles. The molecule has 7 nitrogen and oxygen atoms in total. The first-order valence-electron chi connectivity index (χ1n) is 12.8. The lowest BCUT2D eigenvalue weighted by Gasteiger charge is -2.31. The summed E-state index contributed by atoms with van der Waals surface area (Å²) in [6.07, 6.45) is 10.4. The Morgan fingerprint density at radius 3 is 2.81 bits per heavy atom. The predicted octanol–water partition coefficient (Wildman–Crippen LogP) is 3.74. The molecule has 0 radical (unpaired) electrons. The smallest absolute Gasteiger partial charge is 0.241 e. The fraction of sp³-hybridized carbons (Fsp3) is 0.414. The SMILES string of the molecule is C/C1=C/CCC(C(O)N2CC(=O)N(Cc3ccc(C4=NCCN4C)cn3)c3ccccc3C2)/C=C\C1. The molecule has 36 heavy (non-hydrogen) atoms. The average Bonchev–Trinajstić information content (AvgIpc) is 3.24.